The second-order valence-electron chi connectivity index (χ2n) is 6.64. The molecule has 0 aliphatic heterocycles. The van der Waals surface area contributed by atoms with Gasteiger partial charge in [0, 0.05) is 59.9 Å². The van der Waals surface area contributed by atoms with E-state index in [0.717, 1.165) is 10.9 Å². The molecule has 29 heavy (non-hydrogen) atoms. The average molecular weight is 451 g/mol. The first-order chi connectivity index (χ1) is 13.6. The van der Waals surface area contributed by atoms with E-state index in [1.165, 1.54) is 17.2 Å². The number of pyridine rings is 1. The van der Waals surface area contributed by atoms with Crippen LogP contribution in [-0.2, 0) is 15.6 Å². The van der Waals surface area contributed by atoms with Crippen LogP contribution in [0.4, 0.5) is 19.0 Å². The number of carbonyl (C=O) groups excluding carboxylic acids is 1. The van der Waals surface area contributed by atoms with Crippen molar-refractivity contribution in [2.24, 2.45) is 5.92 Å². The third kappa shape index (κ3) is 4.89. The smallest absolute Gasteiger partial charge is 0.252 e. The highest BCUT2D eigenvalue weighted by atomic mass is 35.5. The highest BCUT2D eigenvalue weighted by Crippen LogP contribution is 2.48. The van der Waals surface area contributed by atoms with E-state index in [1.807, 2.05) is 0 Å². The van der Waals surface area contributed by atoms with Crippen molar-refractivity contribution in [3.63, 3.8) is 0 Å². The zero-order valence-electron chi connectivity index (χ0n) is 15.4. The zero-order valence-corrected chi connectivity index (χ0v) is 16.9. The molecule has 1 fully saturated rings. The maximum atomic E-state index is 14.1. The molecule has 0 saturated heterocycles. The van der Waals surface area contributed by atoms with Crippen LogP contribution >= 0.6 is 11.6 Å². The molecule has 2 aromatic rings. The van der Waals surface area contributed by atoms with Gasteiger partial charge in [-0.3, -0.25) is 13.9 Å². The molecule has 7 nitrogen and oxygen atoms in total. The fourth-order valence-corrected chi connectivity index (χ4v) is 4.51. The first-order valence-electron chi connectivity index (χ1n) is 8.79. The molecule has 2 atom stereocenters. The van der Waals surface area contributed by atoms with Crippen molar-refractivity contribution >= 4 is 34.1 Å². The van der Waals surface area contributed by atoms with Crippen LogP contribution in [0.15, 0.2) is 24.7 Å². The SMILES string of the molecule is CCN(C(=O)CCS(=O)CC1CC1(F)F)c1ccn(-c2c(F)c[n+]([O-])cc2Cl)n1. The van der Waals surface area contributed by atoms with Crippen molar-refractivity contribution < 1.29 is 26.9 Å². The monoisotopic (exact) mass is 450 g/mol. The van der Waals surface area contributed by atoms with Gasteiger partial charge in [0.1, 0.15) is 10.7 Å². The molecule has 1 amide bonds. The van der Waals surface area contributed by atoms with Crippen LogP contribution in [0.1, 0.15) is 19.8 Å². The molecule has 2 unspecified atom stereocenters. The number of nitrogens with zero attached hydrogens (tertiary/aromatic N) is 4. The second kappa shape index (κ2) is 8.31. The Bertz CT molecular complexity index is 933. The topological polar surface area (TPSA) is 82.1 Å². The quantitative estimate of drug-likeness (QED) is 0.457. The number of hydrogen-bond donors (Lipinski definition) is 0. The fraction of sp³-hybridized carbons (Fsp3) is 0.471. The normalized spacial score (nSPS) is 18.4. The molecule has 1 aliphatic rings. The molecule has 0 radical (unpaired) electrons. The third-order valence-corrected chi connectivity index (χ3v) is 6.23. The van der Waals surface area contributed by atoms with Gasteiger partial charge in [-0.1, -0.05) is 11.6 Å². The maximum Gasteiger partial charge on any atom is 0.252 e. The third-order valence-electron chi connectivity index (χ3n) is 4.52. The van der Waals surface area contributed by atoms with E-state index in [9.17, 15) is 27.4 Å². The predicted molar refractivity (Wildman–Crippen MR) is 101 cm³/mol. The lowest BCUT2D eigenvalue weighted by Crippen LogP contribution is -2.32. The van der Waals surface area contributed by atoms with Crippen molar-refractivity contribution in [2.45, 2.75) is 25.7 Å². The van der Waals surface area contributed by atoms with Crippen molar-refractivity contribution in [2.75, 3.05) is 23.0 Å². The summed E-state index contributed by atoms with van der Waals surface area (Å²) in [6, 6.07) is 1.47. The molecule has 3 rings (SSSR count). The molecule has 0 aromatic carbocycles. The van der Waals surface area contributed by atoms with Gasteiger partial charge in [0.2, 0.25) is 24.1 Å². The number of hydrogen-bond acceptors (Lipinski definition) is 4. The van der Waals surface area contributed by atoms with E-state index in [1.54, 1.807) is 6.92 Å². The summed E-state index contributed by atoms with van der Waals surface area (Å²) in [5.41, 5.74) is -0.139. The molecule has 1 aliphatic carbocycles. The van der Waals surface area contributed by atoms with Gasteiger partial charge >= 0.3 is 0 Å². The molecule has 12 heteroatoms. The van der Waals surface area contributed by atoms with Crippen molar-refractivity contribution in [3.8, 4) is 5.69 Å². The first-order valence-corrected chi connectivity index (χ1v) is 10.7. The molecule has 1 saturated carbocycles. The largest absolute Gasteiger partial charge is 0.619 e. The number of amides is 1. The summed E-state index contributed by atoms with van der Waals surface area (Å²) in [4.78, 5) is 13.8. The van der Waals surface area contributed by atoms with E-state index >= 15 is 0 Å². The summed E-state index contributed by atoms with van der Waals surface area (Å²) in [6.45, 7) is 1.95. The summed E-state index contributed by atoms with van der Waals surface area (Å²) >= 11 is 5.92. The van der Waals surface area contributed by atoms with E-state index in [-0.39, 0.29) is 58.1 Å². The number of aromatic nitrogens is 3. The Hall–Kier alpha value is -2.14. The molecule has 2 heterocycles. The number of carbonyl (C=O) groups is 1. The Morgan fingerprint density at radius 3 is 2.79 bits per heavy atom. The molecule has 0 spiro atoms. The number of halogens is 4. The number of anilines is 1. The highest BCUT2D eigenvalue weighted by molar-refractivity contribution is 7.85. The predicted octanol–water partition coefficient (Wildman–Crippen LogP) is 2.45. The lowest BCUT2D eigenvalue weighted by molar-refractivity contribution is -0.607. The molecule has 0 N–H and O–H groups in total. The molecular weight excluding hydrogens is 433 g/mol. The Labute approximate surface area is 172 Å². The lowest BCUT2D eigenvalue weighted by Gasteiger charge is -2.18. The van der Waals surface area contributed by atoms with E-state index in [4.69, 9.17) is 11.6 Å². The molecule has 2 aromatic heterocycles. The van der Waals surface area contributed by atoms with Crippen LogP contribution in [-0.4, -0.2) is 43.9 Å². The van der Waals surface area contributed by atoms with Gasteiger partial charge in [0.15, 0.2) is 5.82 Å². The Morgan fingerprint density at radius 2 is 2.21 bits per heavy atom. The van der Waals surface area contributed by atoms with Crippen LogP contribution < -0.4 is 9.63 Å². The van der Waals surface area contributed by atoms with Gasteiger partial charge in [-0.05, 0) is 6.92 Å². The first kappa shape index (κ1) is 21.6. The van der Waals surface area contributed by atoms with E-state index < -0.39 is 28.5 Å². The summed E-state index contributed by atoms with van der Waals surface area (Å²) in [6.07, 6.45) is 2.71. The van der Waals surface area contributed by atoms with Crippen LogP contribution in [0.25, 0.3) is 5.69 Å². The number of alkyl halides is 2. The minimum Gasteiger partial charge on any atom is -0.619 e. The summed E-state index contributed by atoms with van der Waals surface area (Å²) in [7, 11) is -1.51. The van der Waals surface area contributed by atoms with Crippen molar-refractivity contribution in [3.05, 3.63) is 40.7 Å². The van der Waals surface area contributed by atoms with Crippen molar-refractivity contribution in [1.82, 2.24) is 9.78 Å². The van der Waals surface area contributed by atoms with Gasteiger partial charge in [0.25, 0.3) is 5.92 Å². The Morgan fingerprint density at radius 1 is 1.52 bits per heavy atom. The standard InChI is InChI=1S/C17H18ClF3N4O3S/c1-2-24(15(26)4-6-29(28)10-11-7-17(11,20)21)14-3-5-25(22-14)16-12(18)8-23(27)9-13(16)19/h3,5,8-9,11H,2,4,6-7,10H2,1H3. The Kier molecular flexibility index (Phi) is 6.18. The van der Waals surface area contributed by atoms with Crippen LogP contribution in [0.2, 0.25) is 5.02 Å². The maximum absolute atomic E-state index is 14.1. The number of rotatable bonds is 8. The van der Waals surface area contributed by atoms with Crippen LogP contribution in [0.5, 0.6) is 0 Å². The van der Waals surface area contributed by atoms with Crippen molar-refractivity contribution in [1.29, 1.82) is 0 Å². The zero-order chi connectivity index (χ0) is 21.3. The minimum absolute atomic E-state index is 0.0226. The Balaban J connectivity index is 1.66. The summed E-state index contributed by atoms with van der Waals surface area (Å²) < 4.78 is 53.2. The van der Waals surface area contributed by atoms with Gasteiger partial charge in [0.05, 0.1) is 0 Å². The average Bonchev–Trinajstić information content (AvgIpc) is 3.00. The van der Waals surface area contributed by atoms with E-state index in [0.29, 0.717) is 6.20 Å². The molecular formula is C17H18ClF3N4O3S. The lowest BCUT2D eigenvalue weighted by atomic mass is 10.4. The van der Waals surface area contributed by atoms with Gasteiger partial charge in [-0.15, -0.1) is 5.10 Å². The van der Waals surface area contributed by atoms with E-state index in [2.05, 4.69) is 5.10 Å². The summed E-state index contributed by atoms with van der Waals surface area (Å²) in [5.74, 6) is -4.80. The van der Waals surface area contributed by atoms with Gasteiger partial charge in [-0.25, -0.2) is 13.5 Å². The highest BCUT2D eigenvalue weighted by Gasteiger charge is 2.57. The summed E-state index contributed by atoms with van der Waals surface area (Å²) in [5, 5.41) is 15.2. The van der Waals surface area contributed by atoms with Gasteiger partial charge < -0.3 is 5.21 Å². The van der Waals surface area contributed by atoms with Crippen LogP contribution in [0.3, 0.4) is 0 Å². The van der Waals surface area contributed by atoms with Gasteiger partial charge in [-0.2, -0.15) is 9.12 Å². The second-order valence-corrected chi connectivity index (χ2v) is 8.67. The van der Waals surface area contributed by atoms with Crippen LogP contribution in [0, 0.1) is 16.9 Å². The fourth-order valence-electron chi connectivity index (χ4n) is 2.86. The molecule has 158 valence electrons. The minimum atomic E-state index is -2.73. The molecule has 0 bridgehead atoms.